The summed E-state index contributed by atoms with van der Waals surface area (Å²) < 4.78 is 158. The number of sulfonamides is 4. The highest BCUT2D eigenvalue weighted by molar-refractivity contribution is 7.90. The summed E-state index contributed by atoms with van der Waals surface area (Å²) in [5.41, 5.74) is 17.2. The standard InChI is InChI=1S/C23H27FN8O2S.C23H29FN8O2S.C22H27FN8O2S.C21H25FN8O2S/c1-26-21-23(9-3-2-4-10-23)31-19(32(30-21)16-6-7-16)11-14-13-27-22(29-20(14)31)28-15-5-8-18(17(24)12-15)35(25,33)34;1-14(2)32-19-11-15-13-27-22(28-16-7-8-18(17(24)12-16)35(25,33)34)29-20(15)31(19)23(21(26-3)30-32)9-5-4-6-10-23;1-3-30-18-11-14-13-26-21(27-15-7-8-17(16(23)12-15)34(24,32)33)28-19(14)31(18)22(20(25-2)29-30)9-5-4-6-10-22;1-24-19-21(8-4-3-5-9-21)30-17(29(2)28-19)10-13-12-25-20(27-18(13)30)26-14-6-7-16(15(22)11-14)33(23,31)32/h5,8,11-13,16H,2-4,6-7,9-10H2,1H3,(H,26,30)(H2,25,33,34)(H,27,28,29);7-8,11-14H,4-6,9-10H2,1-3H3,(H,26,30)(H2,25,33,34)(H,27,28,29);7-8,11-13H,3-6,9-10H2,1-2H3,(H,25,29)(H2,24,32,33)(H,26,27,28);6-7,10-12H,3-5,8-9H2,1-2H3,(H,24,28)(H2,23,31,32)(H,25,26,27). The quantitative estimate of drug-likeness (QED) is 0.0424. The van der Waals surface area contributed by atoms with Crippen molar-refractivity contribution in [2.24, 2.45) is 40.5 Å². The van der Waals surface area contributed by atoms with Gasteiger partial charge in [-0.15, -0.1) is 0 Å². The molecule has 5 fully saturated rings. The molecule has 12 aromatic rings. The van der Waals surface area contributed by atoms with Crippen molar-refractivity contribution in [1.82, 2.24) is 79.8 Å². The summed E-state index contributed by atoms with van der Waals surface area (Å²) in [5, 5.41) is 44.0. The number of fused-ring (bicyclic) bond motifs is 16. The van der Waals surface area contributed by atoms with E-state index < -0.39 is 82.9 Å². The molecule has 4 aromatic carbocycles. The number of amidine groups is 4. The van der Waals surface area contributed by atoms with Crippen molar-refractivity contribution in [2.75, 3.05) is 83.1 Å². The first-order valence-electron chi connectivity index (χ1n) is 45.4. The van der Waals surface area contributed by atoms with E-state index in [9.17, 15) is 51.2 Å². The molecule has 4 spiro atoms. The molecule has 0 saturated heterocycles. The fourth-order valence-electron chi connectivity index (χ4n) is 20.6. The Kier molecular flexibility index (Phi) is 25.1. The number of benzene rings is 4. The van der Waals surface area contributed by atoms with Crippen LogP contribution in [-0.4, -0.2) is 169 Å². The number of aromatic nitrogens is 12. The number of hydrazine groups is 4. The lowest BCUT2D eigenvalue weighted by Gasteiger charge is -2.49. The van der Waals surface area contributed by atoms with Crippen LogP contribution in [0, 0.1) is 23.3 Å². The molecule has 12 heterocycles. The van der Waals surface area contributed by atoms with Crippen molar-refractivity contribution >= 4 is 177 Å². The van der Waals surface area contributed by atoms with Crippen LogP contribution in [0.1, 0.15) is 162 Å². The van der Waals surface area contributed by atoms with Gasteiger partial charge in [-0.3, -0.25) is 80.0 Å². The molecule has 8 aromatic heterocycles. The fourth-order valence-corrected chi connectivity index (χ4v) is 23.0. The molecule has 48 heteroatoms. The van der Waals surface area contributed by atoms with Gasteiger partial charge in [-0.2, -0.15) is 19.9 Å². The summed E-state index contributed by atoms with van der Waals surface area (Å²) in [6.07, 6.45) is 30.3. The second-order valence-corrected chi connectivity index (χ2v) is 42.1. The predicted molar refractivity (Wildman–Crippen MR) is 519 cm³/mol. The van der Waals surface area contributed by atoms with E-state index in [4.69, 9.17) is 40.5 Å². The Hall–Kier alpha value is -13.0. The van der Waals surface area contributed by atoms with E-state index in [0.29, 0.717) is 34.7 Å². The van der Waals surface area contributed by atoms with Crippen molar-refractivity contribution in [1.29, 1.82) is 0 Å². The van der Waals surface area contributed by atoms with Crippen molar-refractivity contribution < 1.29 is 51.2 Å². The average molecular weight is 1960 g/mol. The molecule has 40 nitrogen and oxygen atoms in total. The molecular weight excluding hydrogens is 1850 g/mol. The summed E-state index contributed by atoms with van der Waals surface area (Å²) in [7, 11) is -7.39. The summed E-state index contributed by atoms with van der Waals surface area (Å²) in [6, 6.07) is 23.4. The number of nitrogens with two attached hydrogens (primary N) is 4. The Balaban J connectivity index is 0.000000122. The minimum atomic E-state index is -4.15. The molecule has 137 heavy (non-hydrogen) atoms. The zero-order valence-corrected chi connectivity index (χ0v) is 79.9. The molecule has 0 bridgehead atoms. The van der Waals surface area contributed by atoms with Gasteiger partial charge in [-0.05, 0) is 182 Å². The average Bonchev–Trinajstić information content (AvgIpc) is 1.58. The van der Waals surface area contributed by atoms with Crippen molar-refractivity contribution in [2.45, 2.75) is 216 Å². The van der Waals surface area contributed by atoms with Crippen LogP contribution < -0.4 is 83.6 Å². The highest BCUT2D eigenvalue weighted by atomic mass is 32.2. The maximum Gasteiger partial charge on any atom is 0.240 e. The van der Waals surface area contributed by atoms with Gasteiger partial charge in [0.15, 0.2) is 0 Å². The normalized spacial score (nSPS) is 19.4. The summed E-state index contributed by atoms with van der Waals surface area (Å²) in [5.74, 6) is 5.09. The molecule has 16 N–H and O–H groups in total. The van der Waals surface area contributed by atoms with E-state index in [1.807, 2.05) is 39.3 Å². The van der Waals surface area contributed by atoms with E-state index in [-0.39, 0.29) is 46.0 Å². The fraction of sp³-hybridized carbons (Fsp3) is 0.416. The monoisotopic (exact) mass is 1960 g/mol. The molecule has 0 radical (unpaired) electrons. The lowest BCUT2D eigenvalue weighted by atomic mass is 9.79. The Morgan fingerprint density at radius 2 is 0.664 bits per heavy atom. The molecule has 21 rings (SSSR count). The van der Waals surface area contributed by atoms with Gasteiger partial charge in [0.1, 0.15) is 134 Å². The molecule has 5 saturated carbocycles. The molecule has 4 aliphatic heterocycles. The maximum absolute atomic E-state index is 14.4. The number of nitrogens with one attached hydrogen (secondary N) is 8. The van der Waals surface area contributed by atoms with Crippen LogP contribution in [0.4, 0.5) is 87.4 Å². The summed E-state index contributed by atoms with van der Waals surface area (Å²) >= 11 is 0. The van der Waals surface area contributed by atoms with Crippen LogP contribution >= 0.6 is 0 Å². The third-order valence-corrected chi connectivity index (χ3v) is 30.8. The van der Waals surface area contributed by atoms with Crippen molar-refractivity contribution in [3.63, 3.8) is 0 Å². The first-order valence-corrected chi connectivity index (χ1v) is 51.6. The van der Waals surface area contributed by atoms with Crippen molar-refractivity contribution in [3.8, 4) is 0 Å². The smallest absolute Gasteiger partial charge is 0.240 e. The van der Waals surface area contributed by atoms with Gasteiger partial charge in [-0.25, -0.2) is 91.7 Å². The second kappa shape index (κ2) is 36.5. The van der Waals surface area contributed by atoms with Crippen LogP contribution in [0.25, 0.3) is 44.1 Å². The highest BCUT2D eigenvalue weighted by Gasteiger charge is 2.52. The van der Waals surface area contributed by atoms with E-state index in [1.54, 1.807) is 31.8 Å². The van der Waals surface area contributed by atoms with Crippen LogP contribution in [0.3, 0.4) is 0 Å². The molecule has 0 unspecified atom stereocenters. The molecular formula is C89H108F4N32O8S4. The first kappa shape index (κ1) is 94.4. The van der Waals surface area contributed by atoms with Crippen molar-refractivity contribution in [3.05, 3.63) is 145 Å². The van der Waals surface area contributed by atoms with Gasteiger partial charge in [0.25, 0.3) is 0 Å². The number of hydrogen-bond donors (Lipinski definition) is 12. The zero-order valence-electron chi connectivity index (χ0n) is 76.6. The van der Waals surface area contributed by atoms with Gasteiger partial charge in [-0.1, -0.05) is 77.0 Å². The van der Waals surface area contributed by atoms with E-state index in [2.05, 4.69) is 155 Å². The molecule has 0 amide bonds. The number of primary sulfonamides is 4. The topological polar surface area (TPSA) is 522 Å². The minimum absolute atomic E-state index is 0.168. The lowest BCUT2D eigenvalue weighted by Crippen LogP contribution is -2.62. The highest BCUT2D eigenvalue weighted by Crippen LogP contribution is 2.51. The van der Waals surface area contributed by atoms with Crippen LogP contribution in [0.15, 0.2) is 161 Å². The van der Waals surface area contributed by atoms with Gasteiger partial charge in [0, 0.05) is 117 Å². The van der Waals surface area contributed by atoms with E-state index in [1.165, 1.54) is 49.9 Å². The van der Waals surface area contributed by atoms with Gasteiger partial charge < -0.3 is 21.3 Å². The van der Waals surface area contributed by atoms with Crippen LogP contribution in [-0.2, 0) is 62.2 Å². The maximum atomic E-state index is 14.4. The zero-order chi connectivity index (χ0) is 96.8. The second-order valence-electron chi connectivity index (χ2n) is 36.0. The number of hydrogen-bond acceptors (Lipinski definition) is 28. The van der Waals surface area contributed by atoms with E-state index in [0.717, 1.165) is 261 Å². The Morgan fingerprint density at radius 1 is 0.387 bits per heavy atom. The minimum Gasteiger partial charge on any atom is -0.324 e. The van der Waals surface area contributed by atoms with Gasteiger partial charge in [0.2, 0.25) is 63.9 Å². The first-order chi connectivity index (χ1) is 65.4. The Labute approximate surface area is 788 Å². The van der Waals surface area contributed by atoms with Crippen LogP contribution in [0.2, 0.25) is 0 Å². The summed E-state index contributed by atoms with van der Waals surface area (Å²) in [4.78, 5) is 53.1. The number of nitrogens with zero attached hydrogens (tertiary/aromatic N) is 20. The number of rotatable bonds is 15. The number of anilines is 12. The molecule has 724 valence electrons. The lowest BCUT2D eigenvalue weighted by molar-refractivity contribution is 0.267. The summed E-state index contributed by atoms with van der Waals surface area (Å²) in [6.45, 7) is 7.03. The third kappa shape index (κ3) is 17.6. The Bertz CT molecular complexity index is 7170. The van der Waals surface area contributed by atoms with Gasteiger partial charge >= 0.3 is 0 Å². The molecule has 5 aliphatic carbocycles. The number of halogens is 4. The van der Waals surface area contributed by atoms with Crippen LogP contribution in [0.5, 0.6) is 0 Å². The Morgan fingerprint density at radius 3 is 0.964 bits per heavy atom. The molecule has 0 atom stereocenters. The SMILES string of the molecule is CCN1NC(=NC)C2(CCCCC2)n2c1cc1cnc(Nc3ccc(S(N)(=O)=O)c(F)c3)nc12.CN=C1NN(C(C)C)c2cc3cnc(Nc4ccc(S(N)(=O)=O)c(F)c4)nc3n2C12CCCCC2.CN=C1NN(C)c2cc3cnc(Nc4ccc(S(N)(=O)=O)c(F)c4)nc3n2C12CCCCC2.CN=C1NN(C2CC2)c2cc3cnc(Nc4ccc(S(N)(=O)=O)c(F)c4)nc3n2C12CCCCC2. The van der Waals surface area contributed by atoms with Gasteiger partial charge in [0.05, 0.1) is 6.04 Å². The molecule has 9 aliphatic rings. The largest absolute Gasteiger partial charge is 0.324 e. The predicted octanol–water partition coefficient (Wildman–Crippen LogP) is 12.1. The third-order valence-electron chi connectivity index (χ3n) is 27.0. The number of aliphatic imine (C=N–C) groups is 4. The van der Waals surface area contributed by atoms with E-state index >= 15 is 0 Å².